The zero-order valence-corrected chi connectivity index (χ0v) is 16.9. The minimum absolute atomic E-state index is 0.296. The summed E-state index contributed by atoms with van der Waals surface area (Å²) in [5, 5.41) is 0. The quantitative estimate of drug-likeness (QED) is 0.470. The first-order valence-electron chi connectivity index (χ1n) is 9.90. The Hall–Kier alpha value is -3.16. The van der Waals surface area contributed by atoms with Gasteiger partial charge in [-0.05, 0) is 25.5 Å². The molecule has 0 spiro atoms. The Balaban J connectivity index is 1.96. The van der Waals surface area contributed by atoms with Crippen molar-refractivity contribution >= 4 is 16.9 Å². The minimum Gasteiger partial charge on any atom is -0.280 e. The zero-order chi connectivity index (χ0) is 20.7. The standard InChI is InChI=1S/C21H24FN5O2/c1-4-5-6-9-12-25-19(28)17-18(24(3)21(25)29)23-20-26(17)13-14(2)27(20)16-11-8-7-10-15(16)22/h7-8,10-11,13H,4-6,9,12H2,1-3H3. The number of nitrogens with zero attached hydrogens (tertiary/aromatic N) is 5. The number of hydrogen-bond acceptors (Lipinski definition) is 3. The third-order valence-corrected chi connectivity index (χ3v) is 5.35. The van der Waals surface area contributed by atoms with Crippen LogP contribution in [0.5, 0.6) is 0 Å². The van der Waals surface area contributed by atoms with E-state index in [-0.39, 0.29) is 17.1 Å². The van der Waals surface area contributed by atoms with E-state index in [0.717, 1.165) is 31.4 Å². The lowest BCUT2D eigenvalue weighted by Crippen LogP contribution is -2.39. The predicted octanol–water partition coefficient (Wildman–Crippen LogP) is 3.17. The van der Waals surface area contributed by atoms with E-state index in [1.54, 1.807) is 40.4 Å². The molecule has 0 amide bonds. The van der Waals surface area contributed by atoms with E-state index in [1.807, 2.05) is 6.92 Å². The van der Waals surface area contributed by atoms with Crippen molar-refractivity contribution in [3.8, 4) is 5.69 Å². The van der Waals surface area contributed by atoms with Crippen LogP contribution in [-0.4, -0.2) is 23.1 Å². The van der Waals surface area contributed by atoms with Crippen molar-refractivity contribution in [1.82, 2.24) is 23.1 Å². The highest BCUT2D eigenvalue weighted by atomic mass is 19.1. The molecule has 0 unspecified atom stereocenters. The van der Waals surface area contributed by atoms with Crippen LogP contribution in [0.3, 0.4) is 0 Å². The van der Waals surface area contributed by atoms with E-state index in [0.29, 0.717) is 29.2 Å². The highest BCUT2D eigenvalue weighted by Crippen LogP contribution is 2.22. The summed E-state index contributed by atoms with van der Waals surface area (Å²) >= 11 is 0. The summed E-state index contributed by atoms with van der Waals surface area (Å²) in [6, 6.07) is 6.41. The first-order chi connectivity index (χ1) is 14.0. The van der Waals surface area contributed by atoms with Gasteiger partial charge in [-0.1, -0.05) is 38.3 Å². The van der Waals surface area contributed by atoms with Crippen molar-refractivity contribution in [3.63, 3.8) is 0 Å². The number of rotatable bonds is 6. The number of unbranched alkanes of at least 4 members (excludes halogenated alkanes) is 3. The lowest BCUT2D eigenvalue weighted by Gasteiger charge is -2.08. The molecule has 3 aromatic heterocycles. The first kappa shape index (κ1) is 19.2. The van der Waals surface area contributed by atoms with Gasteiger partial charge < -0.3 is 0 Å². The second kappa shape index (κ2) is 7.35. The molecule has 1 aromatic carbocycles. The fraction of sp³-hybridized carbons (Fsp3) is 0.381. The normalized spacial score (nSPS) is 11.7. The van der Waals surface area contributed by atoms with E-state index in [4.69, 9.17) is 0 Å². The molecule has 4 rings (SSSR count). The van der Waals surface area contributed by atoms with E-state index >= 15 is 0 Å². The SMILES string of the molecule is CCCCCCn1c(=O)c2c(nc3n(-c4ccccc4F)c(C)cn23)n(C)c1=O. The van der Waals surface area contributed by atoms with E-state index in [2.05, 4.69) is 11.9 Å². The van der Waals surface area contributed by atoms with Crippen molar-refractivity contribution in [2.24, 2.45) is 7.05 Å². The van der Waals surface area contributed by atoms with E-state index in [1.165, 1.54) is 15.2 Å². The second-order valence-electron chi connectivity index (χ2n) is 7.37. The van der Waals surface area contributed by atoms with Gasteiger partial charge in [-0.15, -0.1) is 0 Å². The van der Waals surface area contributed by atoms with E-state index < -0.39 is 0 Å². The summed E-state index contributed by atoms with van der Waals surface area (Å²) in [5.74, 6) is 0.0152. The van der Waals surface area contributed by atoms with Crippen molar-refractivity contribution in [3.05, 3.63) is 62.8 Å². The summed E-state index contributed by atoms with van der Waals surface area (Å²) in [5.41, 5.74) is 0.967. The summed E-state index contributed by atoms with van der Waals surface area (Å²) in [4.78, 5) is 30.5. The minimum atomic E-state index is -0.386. The average molecular weight is 397 g/mol. The molecule has 0 aliphatic heterocycles. The molecule has 4 aromatic rings. The maximum absolute atomic E-state index is 14.4. The van der Waals surface area contributed by atoms with Gasteiger partial charge in [0, 0.05) is 25.5 Å². The third kappa shape index (κ3) is 2.99. The van der Waals surface area contributed by atoms with Crippen molar-refractivity contribution < 1.29 is 4.39 Å². The number of hydrogen-bond donors (Lipinski definition) is 0. The summed E-state index contributed by atoms with van der Waals surface area (Å²) in [6.07, 6.45) is 5.64. The van der Waals surface area contributed by atoms with Crippen LogP contribution in [0.1, 0.15) is 38.3 Å². The second-order valence-corrected chi connectivity index (χ2v) is 7.37. The number of benzene rings is 1. The fourth-order valence-corrected chi connectivity index (χ4v) is 3.84. The molecule has 0 saturated carbocycles. The Morgan fingerprint density at radius 3 is 2.59 bits per heavy atom. The van der Waals surface area contributed by atoms with Crippen LogP contribution >= 0.6 is 0 Å². The van der Waals surface area contributed by atoms with Gasteiger partial charge in [-0.3, -0.25) is 22.9 Å². The molecule has 0 radical (unpaired) electrons. The zero-order valence-electron chi connectivity index (χ0n) is 16.9. The maximum atomic E-state index is 14.4. The Kier molecular flexibility index (Phi) is 4.86. The fourth-order valence-electron chi connectivity index (χ4n) is 3.84. The number of para-hydroxylation sites is 1. The molecule has 0 aliphatic carbocycles. The number of fused-ring (bicyclic) bond motifs is 3. The predicted molar refractivity (Wildman–Crippen MR) is 110 cm³/mol. The summed E-state index contributed by atoms with van der Waals surface area (Å²) < 4.78 is 20.4. The highest BCUT2D eigenvalue weighted by Gasteiger charge is 2.21. The molecule has 3 heterocycles. The average Bonchev–Trinajstić information content (AvgIpc) is 3.21. The number of aromatic nitrogens is 5. The van der Waals surface area contributed by atoms with Crippen LogP contribution in [0.25, 0.3) is 22.6 Å². The Bertz CT molecular complexity index is 1330. The van der Waals surface area contributed by atoms with E-state index in [9.17, 15) is 14.0 Å². The molecule has 0 bridgehead atoms. The molecule has 0 aliphatic rings. The monoisotopic (exact) mass is 397 g/mol. The summed E-state index contributed by atoms with van der Waals surface area (Å²) in [6.45, 7) is 4.32. The van der Waals surface area contributed by atoms with Crippen LogP contribution in [-0.2, 0) is 13.6 Å². The third-order valence-electron chi connectivity index (χ3n) is 5.35. The van der Waals surface area contributed by atoms with Crippen LogP contribution < -0.4 is 11.2 Å². The molecule has 0 saturated heterocycles. The lowest BCUT2D eigenvalue weighted by molar-refractivity contribution is 0.539. The molecule has 152 valence electrons. The molecule has 0 N–H and O–H groups in total. The molecule has 8 heteroatoms. The highest BCUT2D eigenvalue weighted by molar-refractivity contribution is 5.76. The van der Waals surface area contributed by atoms with Crippen LogP contribution in [0.15, 0.2) is 40.1 Å². The van der Waals surface area contributed by atoms with Crippen LogP contribution in [0, 0.1) is 12.7 Å². The first-order valence-corrected chi connectivity index (χ1v) is 9.90. The molecule has 7 nitrogen and oxygen atoms in total. The van der Waals surface area contributed by atoms with Crippen LogP contribution in [0.2, 0.25) is 0 Å². The maximum Gasteiger partial charge on any atom is 0.332 e. The van der Waals surface area contributed by atoms with Gasteiger partial charge in [0.25, 0.3) is 5.56 Å². The van der Waals surface area contributed by atoms with Gasteiger partial charge in [-0.2, -0.15) is 4.98 Å². The molecule has 0 fully saturated rings. The number of imidazole rings is 2. The number of halogens is 1. The van der Waals surface area contributed by atoms with Gasteiger partial charge in [0.05, 0.1) is 5.69 Å². The Morgan fingerprint density at radius 2 is 1.86 bits per heavy atom. The van der Waals surface area contributed by atoms with Gasteiger partial charge in [-0.25, -0.2) is 9.18 Å². The van der Waals surface area contributed by atoms with Gasteiger partial charge in [0.15, 0.2) is 11.2 Å². The largest absolute Gasteiger partial charge is 0.332 e. The Labute approximate surface area is 166 Å². The molecule has 0 atom stereocenters. The smallest absolute Gasteiger partial charge is 0.280 e. The van der Waals surface area contributed by atoms with Gasteiger partial charge >= 0.3 is 5.69 Å². The molecular formula is C21H24FN5O2. The lowest BCUT2D eigenvalue weighted by atomic mass is 10.2. The Morgan fingerprint density at radius 1 is 1.10 bits per heavy atom. The summed E-state index contributed by atoms with van der Waals surface area (Å²) in [7, 11) is 1.61. The molecular weight excluding hydrogens is 373 g/mol. The number of aryl methyl sites for hydroxylation is 2. The molecule has 29 heavy (non-hydrogen) atoms. The van der Waals surface area contributed by atoms with Crippen molar-refractivity contribution in [1.29, 1.82) is 0 Å². The van der Waals surface area contributed by atoms with Crippen molar-refractivity contribution in [2.75, 3.05) is 0 Å². The van der Waals surface area contributed by atoms with Crippen molar-refractivity contribution in [2.45, 2.75) is 46.1 Å². The van der Waals surface area contributed by atoms with Gasteiger partial charge in [0.2, 0.25) is 5.78 Å². The van der Waals surface area contributed by atoms with Gasteiger partial charge in [0.1, 0.15) is 5.82 Å². The van der Waals surface area contributed by atoms with Crippen LogP contribution in [0.4, 0.5) is 4.39 Å². The topological polar surface area (TPSA) is 66.2 Å².